The van der Waals surface area contributed by atoms with Gasteiger partial charge in [-0.25, -0.2) is 9.97 Å². The molecule has 1 aromatic carbocycles. The molecule has 0 radical (unpaired) electrons. The van der Waals surface area contributed by atoms with E-state index < -0.39 is 0 Å². The molecule has 26 heavy (non-hydrogen) atoms. The van der Waals surface area contributed by atoms with Gasteiger partial charge < -0.3 is 14.7 Å². The predicted octanol–water partition coefficient (Wildman–Crippen LogP) is 2.38. The molecule has 0 bridgehead atoms. The normalized spacial score (nSPS) is 15.1. The van der Waals surface area contributed by atoms with E-state index in [2.05, 4.69) is 23.7 Å². The number of aromatic nitrogens is 2. The second-order valence-electron chi connectivity index (χ2n) is 6.54. The Morgan fingerprint density at radius 2 is 1.81 bits per heavy atom. The van der Waals surface area contributed by atoms with E-state index >= 15 is 0 Å². The van der Waals surface area contributed by atoms with Crippen LogP contribution in [0.2, 0.25) is 0 Å². The zero-order valence-electron chi connectivity index (χ0n) is 15.9. The van der Waals surface area contributed by atoms with E-state index in [1.165, 1.54) is 0 Å². The molecule has 6 heteroatoms. The molecule has 1 aromatic heterocycles. The van der Waals surface area contributed by atoms with Crippen molar-refractivity contribution >= 4 is 11.7 Å². The van der Waals surface area contributed by atoms with E-state index in [0.717, 1.165) is 44.8 Å². The standard InChI is InChI=1S/C20H27N5O/c1-4-23(3)19-17(20(26)25-13-11-24(5-2)12-14-25)15-21-18(22-19)16-9-7-6-8-10-16/h6-10,15H,4-5,11-14H2,1-3H3. The largest absolute Gasteiger partial charge is 0.359 e. The van der Waals surface area contributed by atoms with Crippen molar-refractivity contribution in [1.82, 2.24) is 19.8 Å². The van der Waals surface area contributed by atoms with Crippen LogP contribution in [0.25, 0.3) is 11.4 Å². The molecule has 1 fully saturated rings. The Hall–Kier alpha value is -2.47. The van der Waals surface area contributed by atoms with Gasteiger partial charge in [0.25, 0.3) is 5.91 Å². The summed E-state index contributed by atoms with van der Waals surface area (Å²) in [7, 11) is 1.96. The van der Waals surface area contributed by atoms with Crippen molar-refractivity contribution in [3.05, 3.63) is 42.1 Å². The summed E-state index contributed by atoms with van der Waals surface area (Å²) in [6.07, 6.45) is 1.69. The van der Waals surface area contributed by atoms with Crippen LogP contribution in [-0.2, 0) is 0 Å². The smallest absolute Gasteiger partial charge is 0.259 e. The van der Waals surface area contributed by atoms with Crippen LogP contribution in [0.1, 0.15) is 24.2 Å². The Bertz CT molecular complexity index is 741. The molecule has 0 spiro atoms. The molecule has 1 amide bonds. The fourth-order valence-electron chi connectivity index (χ4n) is 3.13. The number of nitrogens with zero attached hydrogens (tertiary/aromatic N) is 5. The van der Waals surface area contributed by atoms with Crippen LogP contribution in [-0.4, -0.2) is 72.0 Å². The van der Waals surface area contributed by atoms with Gasteiger partial charge in [0.15, 0.2) is 5.82 Å². The average molecular weight is 353 g/mol. The molecule has 0 aliphatic carbocycles. The number of anilines is 1. The topological polar surface area (TPSA) is 52.6 Å². The number of likely N-dealkylation sites (N-methyl/N-ethyl adjacent to an activating group) is 1. The van der Waals surface area contributed by atoms with Crippen molar-refractivity contribution in [3.8, 4) is 11.4 Å². The summed E-state index contributed by atoms with van der Waals surface area (Å²) in [5.74, 6) is 1.37. The fraction of sp³-hybridized carbons (Fsp3) is 0.450. The molecular weight excluding hydrogens is 326 g/mol. The number of carbonyl (C=O) groups excluding carboxylic acids is 1. The minimum absolute atomic E-state index is 0.0238. The minimum Gasteiger partial charge on any atom is -0.359 e. The molecule has 0 atom stereocenters. The highest BCUT2D eigenvalue weighted by atomic mass is 16.2. The molecule has 1 aliphatic heterocycles. The van der Waals surface area contributed by atoms with Crippen molar-refractivity contribution in [1.29, 1.82) is 0 Å². The Balaban J connectivity index is 1.90. The van der Waals surface area contributed by atoms with Gasteiger partial charge in [0, 0.05) is 51.5 Å². The number of carbonyl (C=O) groups is 1. The summed E-state index contributed by atoms with van der Waals surface area (Å²) >= 11 is 0. The van der Waals surface area contributed by atoms with E-state index in [0.29, 0.717) is 17.2 Å². The lowest BCUT2D eigenvalue weighted by Crippen LogP contribution is -2.48. The molecule has 0 saturated carbocycles. The van der Waals surface area contributed by atoms with Crippen LogP contribution in [0.5, 0.6) is 0 Å². The maximum absolute atomic E-state index is 13.1. The average Bonchev–Trinajstić information content (AvgIpc) is 2.73. The molecular formula is C20H27N5O. The summed E-state index contributed by atoms with van der Waals surface area (Å²) in [6.45, 7) is 9.36. The number of hydrogen-bond donors (Lipinski definition) is 0. The summed E-state index contributed by atoms with van der Waals surface area (Å²) in [6, 6.07) is 9.87. The van der Waals surface area contributed by atoms with Crippen molar-refractivity contribution in [2.75, 3.05) is 51.2 Å². The first-order chi connectivity index (χ1) is 12.6. The SMILES string of the molecule is CCN1CCN(C(=O)c2cnc(-c3ccccc3)nc2N(C)CC)CC1. The first-order valence-electron chi connectivity index (χ1n) is 9.29. The van der Waals surface area contributed by atoms with Crippen LogP contribution >= 0.6 is 0 Å². The van der Waals surface area contributed by atoms with Crippen LogP contribution in [0.3, 0.4) is 0 Å². The van der Waals surface area contributed by atoms with Gasteiger partial charge >= 0.3 is 0 Å². The van der Waals surface area contributed by atoms with Gasteiger partial charge in [0.1, 0.15) is 11.4 Å². The highest BCUT2D eigenvalue weighted by Gasteiger charge is 2.25. The van der Waals surface area contributed by atoms with Gasteiger partial charge in [-0.3, -0.25) is 4.79 Å². The second-order valence-corrected chi connectivity index (χ2v) is 6.54. The van der Waals surface area contributed by atoms with E-state index in [1.807, 2.05) is 47.2 Å². The van der Waals surface area contributed by atoms with E-state index in [4.69, 9.17) is 4.98 Å². The first kappa shape index (κ1) is 18.3. The molecule has 2 heterocycles. The van der Waals surface area contributed by atoms with E-state index in [-0.39, 0.29) is 5.91 Å². The van der Waals surface area contributed by atoms with E-state index in [9.17, 15) is 4.79 Å². The van der Waals surface area contributed by atoms with Crippen LogP contribution in [0, 0.1) is 0 Å². The van der Waals surface area contributed by atoms with Crippen molar-refractivity contribution in [2.45, 2.75) is 13.8 Å². The fourth-order valence-corrected chi connectivity index (χ4v) is 3.13. The third-order valence-corrected chi connectivity index (χ3v) is 4.97. The van der Waals surface area contributed by atoms with Gasteiger partial charge in [-0.05, 0) is 13.5 Å². The Morgan fingerprint density at radius 1 is 1.12 bits per heavy atom. The van der Waals surface area contributed by atoms with Gasteiger partial charge in [0.05, 0.1) is 0 Å². The van der Waals surface area contributed by atoms with Gasteiger partial charge in [-0.2, -0.15) is 0 Å². The van der Waals surface area contributed by atoms with Crippen LogP contribution in [0.4, 0.5) is 5.82 Å². The summed E-state index contributed by atoms with van der Waals surface area (Å²) in [4.78, 5) is 28.6. The molecule has 1 saturated heterocycles. The molecule has 2 aromatic rings. The van der Waals surface area contributed by atoms with Crippen molar-refractivity contribution in [3.63, 3.8) is 0 Å². The number of piperazine rings is 1. The second kappa shape index (κ2) is 8.27. The molecule has 3 rings (SSSR count). The number of benzene rings is 1. The van der Waals surface area contributed by atoms with Gasteiger partial charge in [0.2, 0.25) is 0 Å². The quantitative estimate of drug-likeness (QED) is 0.826. The molecule has 138 valence electrons. The zero-order valence-corrected chi connectivity index (χ0v) is 15.9. The lowest BCUT2D eigenvalue weighted by Gasteiger charge is -2.34. The van der Waals surface area contributed by atoms with Crippen LogP contribution < -0.4 is 4.90 Å². The predicted molar refractivity (Wildman–Crippen MR) is 104 cm³/mol. The summed E-state index contributed by atoms with van der Waals surface area (Å²) in [5.41, 5.74) is 1.53. The lowest BCUT2D eigenvalue weighted by atomic mass is 10.2. The molecule has 1 aliphatic rings. The van der Waals surface area contributed by atoms with Gasteiger partial charge in [-0.1, -0.05) is 37.3 Å². The van der Waals surface area contributed by atoms with E-state index in [1.54, 1.807) is 6.20 Å². The number of hydrogen-bond acceptors (Lipinski definition) is 5. The van der Waals surface area contributed by atoms with Gasteiger partial charge in [-0.15, -0.1) is 0 Å². The van der Waals surface area contributed by atoms with Crippen molar-refractivity contribution in [2.24, 2.45) is 0 Å². The zero-order chi connectivity index (χ0) is 18.5. The lowest BCUT2D eigenvalue weighted by molar-refractivity contribution is 0.0643. The monoisotopic (exact) mass is 353 g/mol. The highest BCUT2D eigenvalue weighted by Crippen LogP contribution is 2.23. The Morgan fingerprint density at radius 3 is 2.42 bits per heavy atom. The number of rotatable bonds is 5. The summed E-state index contributed by atoms with van der Waals surface area (Å²) in [5, 5.41) is 0. The first-order valence-corrected chi connectivity index (χ1v) is 9.29. The number of amides is 1. The maximum Gasteiger partial charge on any atom is 0.259 e. The molecule has 6 nitrogen and oxygen atoms in total. The Kier molecular flexibility index (Phi) is 5.83. The summed E-state index contributed by atoms with van der Waals surface area (Å²) < 4.78 is 0. The van der Waals surface area contributed by atoms with Crippen LogP contribution in [0.15, 0.2) is 36.5 Å². The third kappa shape index (κ3) is 3.85. The minimum atomic E-state index is 0.0238. The Labute approximate surface area is 155 Å². The third-order valence-electron chi connectivity index (χ3n) is 4.97. The highest BCUT2D eigenvalue weighted by molar-refractivity contribution is 5.99. The van der Waals surface area contributed by atoms with Crippen molar-refractivity contribution < 1.29 is 4.79 Å². The molecule has 0 N–H and O–H groups in total. The molecule has 0 unspecified atom stereocenters. The maximum atomic E-state index is 13.1.